The summed E-state index contributed by atoms with van der Waals surface area (Å²) in [6.45, 7) is 2.71. The van der Waals surface area contributed by atoms with Crippen molar-refractivity contribution in [2.45, 2.75) is 64.3 Å². The highest BCUT2D eigenvalue weighted by molar-refractivity contribution is 5.87. The number of nitrogens with zero attached hydrogens (tertiary/aromatic N) is 1. The molecule has 4 atom stereocenters. The van der Waals surface area contributed by atoms with E-state index in [4.69, 9.17) is 0 Å². The molecule has 1 heterocycles. The summed E-state index contributed by atoms with van der Waals surface area (Å²) < 4.78 is 0. The molecule has 1 amide bonds. The molecule has 1 aliphatic heterocycles. The Labute approximate surface area is 126 Å². The van der Waals surface area contributed by atoms with Gasteiger partial charge in [0.25, 0.3) is 0 Å². The Morgan fingerprint density at radius 1 is 1.05 bits per heavy atom. The lowest BCUT2D eigenvalue weighted by Gasteiger charge is -2.36. The van der Waals surface area contributed by atoms with Crippen molar-refractivity contribution in [2.75, 3.05) is 6.54 Å². The normalized spacial score (nSPS) is 37.3. The monoisotopic (exact) mass is 293 g/mol. The van der Waals surface area contributed by atoms with Gasteiger partial charge in [-0.2, -0.15) is 0 Å². The number of piperidine rings is 1. The SMILES string of the molecule is CC1CCN(C(=O)C2CC2C2CCCCC2)C(C(=O)O)C1. The maximum Gasteiger partial charge on any atom is 0.326 e. The van der Waals surface area contributed by atoms with E-state index in [2.05, 4.69) is 6.92 Å². The number of hydrogen-bond donors (Lipinski definition) is 1. The molecule has 3 aliphatic rings. The number of carbonyl (C=O) groups excluding carboxylic acids is 1. The molecule has 0 radical (unpaired) electrons. The first-order chi connectivity index (χ1) is 10.1. The van der Waals surface area contributed by atoms with Crippen molar-refractivity contribution in [3.8, 4) is 0 Å². The molecular weight excluding hydrogens is 266 g/mol. The molecule has 0 aromatic rings. The van der Waals surface area contributed by atoms with Crippen LogP contribution >= 0.6 is 0 Å². The zero-order chi connectivity index (χ0) is 15.0. The maximum absolute atomic E-state index is 12.7. The van der Waals surface area contributed by atoms with Gasteiger partial charge in [-0.3, -0.25) is 4.79 Å². The summed E-state index contributed by atoms with van der Waals surface area (Å²) in [5, 5.41) is 9.40. The highest BCUT2D eigenvalue weighted by Gasteiger charge is 2.50. The number of aliphatic carboxylic acids is 1. The molecule has 0 spiro atoms. The van der Waals surface area contributed by atoms with Crippen molar-refractivity contribution < 1.29 is 14.7 Å². The first-order valence-electron chi connectivity index (χ1n) is 8.61. The van der Waals surface area contributed by atoms with Crippen molar-refractivity contribution >= 4 is 11.9 Å². The van der Waals surface area contributed by atoms with E-state index < -0.39 is 12.0 Å². The Balaban J connectivity index is 1.61. The fourth-order valence-corrected chi connectivity index (χ4v) is 4.43. The number of carbonyl (C=O) groups is 2. The van der Waals surface area contributed by atoms with E-state index in [9.17, 15) is 14.7 Å². The van der Waals surface area contributed by atoms with Crippen LogP contribution in [0.3, 0.4) is 0 Å². The lowest BCUT2D eigenvalue weighted by molar-refractivity contribution is -0.153. The smallest absolute Gasteiger partial charge is 0.326 e. The summed E-state index contributed by atoms with van der Waals surface area (Å²) in [5.74, 6) is 1.10. The standard InChI is InChI=1S/C17H27NO3/c1-11-7-8-18(15(9-11)17(20)21)16(19)14-10-13(14)12-5-3-2-4-6-12/h11-15H,2-10H2,1H3,(H,20,21). The summed E-state index contributed by atoms with van der Waals surface area (Å²) in [6, 6.07) is -0.589. The van der Waals surface area contributed by atoms with E-state index in [1.807, 2.05) is 0 Å². The average molecular weight is 293 g/mol. The second-order valence-electron chi connectivity index (χ2n) is 7.42. The minimum atomic E-state index is -0.829. The van der Waals surface area contributed by atoms with E-state index in [0.717, 1.165) is 18.8 Å². The number of rotatable bonds is 3. The van der Waals surface area contributed by atoms with Crippen molar-refractivity contribution in [3.05, 3.63) is 0 Å². The number of likely N-dealkylation sites (tertiary alicyclic amines) is 1. The van der Waals surface area contributed by atoms with Gasteiger partial charge in [-0.15, -0.1) is 0 Å². The molecule has 118 valence electrons. The Hall–Kier alpha value is -1.06. The molecule has 2 saturated carbocycles. The van der Waals surface area contributed by atoms with Gasteiger partial charge in [0.05, 0.1) is 0 Å². The minimum Gasteiger partial charge on any atom is -0.480 e. The van der Waals surface area contributed by atoms with Gasteiger partial charge >= 0.3 is 5.97 Å². The van der Waals surface area contributed by atoms with Gasteiger partial charge in [-0.25, -0.2) is 4.79 Å². The molecule has 1 N–H and O–H groups in total. The van der Waals surface area contributed by atoms with Crippen LogP contribution in [0.25, 0.3) is 0 Å². The zero-order valence-corrected chi connectivity index (χ0v) is 13.0. The van der Waals surface area contributed by atoms with Crippen LogP contribution in [0.1, 0.15) is 58.3 Å². The van der Waals surface area contributed by atoms with Gasteiger partial charge in [0.2, 0.25) is 5.91 Å². The van der Waals surface area contributed by atoms with Gasteiger partial charge in [0.15, 0.2) is 0 Å². The van der Waals surface area contributed by atoms with Crippen LogP contribution in [-0.2, 0) is 9.59 Å². The van der Waals surface area contributed by atoms with Crippen molar-refractivity contribution in [1.29, 1.82) is 0 Å². The number of carboxylic acids is 1. The summed E-state index contributed by atoms with van der Waals surface area (Å²) in [5.41, 5.74) is 0. The van der Waals surface area contributed by atoms with Crippen LogP contribution in [-0.4, -0.2) is 34.5 Å². The lowest BCUT2D eigenvalue weighted by atomic mass is 9.85. The van der Waals surface area contributed by atoms with Gasteiger partial charge in [-0.05, 0) is 37.0 Å². The molecule has 3 rings (SSSR count). The predicted octanol–water partition coefficient (Wildman–Crippen LogP) is 2.91. The summed E-state index contributed by atoms with van der Waals surface area (Å²) >= 11 is 0. The highest BCUT2D eigenvalue weighted by Crippen LogP contribution is 2.50. The van der Waals surface area contributed by atoms with E-state index in [1.165, 1.54) is 32.1 Å². The second kappa shape index (κ2) is 5.98. The summed E-state index contributed by atoms with van der Waals surface area (Å²) in [6.07, 6.45) is 9.05. The molecule has 0 bridgehead atoms. The largest absolute Gasteiger partial charge is 0.480 e. The predicted molar refractivity (Wildman–Crippen MR) is 79.7 cm³/mol. The molecule has 0 aromatic carbocycles. The van der Waals surface area contributed by atoms with Crippen LogP contribution in [0.4, 0.5) is 0 Å². The summed E-state index contributed by atoms with van der Waals surface area (Å²) in [4.78, 5) is 25.8. The van der Waals surface area contributed by atoms with Gasteiger partial charge in [0, 0.05) is 12.5 Å². The van der Waals surface area contributed by atoms with Crippen LogP contribution in [0.15, 0.2) is 0 Å². The van der Waals surface area contributed by atoms with Gasteiger partial charge in [0.1, 0.15) is 6.04 Å². The number of amides is 1. The summed E-state index contributed by atoms with van der Waals surface area (Å²) in [7, 11) is 0. The third-order valence-electron chi connectivity index (χ3n) is 5.85. The molecule has 4 heteroatoms. The molecule has 2 aliphatic carbocycles. The molecule has 1 saturated heterocycles. The van der Waals surface area contributed by atoms with Crippen LogP contribution in [0.5, 0.6) is 0 Å². The number of carboxylic acid groups (broad SMARTS) is 1. The Morgan fingerprint density at radius 3 is 2.43 bits per heavy atom. The Morgan fingerprint density at radius 2 is 1.76 bits per heavy atom. The molecule has 21 heavy (non-hydrogen) atoms. The highest BCUT2D eigenvalue weighted by atomic mass is 16.4. The molecule has 0 aromatic heterocycles. The lowest BCUT2D eigenvalue weighted by Crippen LogP contribution is -2.50. The third-order valence-corrected chi connectivity index (χ3v) is 5.85. The van der Waals surface area contributed by atoms with Crippen molar-refractivity contribution in [1.82, 2.24) is 4.90 Å². The number of hydrogen-bond acceptors (Lipinski definition) is 2. The fourth-order valence-electron chi connectivity index (χ4n) is 4.43. The first-order valence-corrected chi connectivity index (χ1v) is 8.61. The second-order valence-corrected chi connectivity index (χ2v) is 7.42. The third kappa shape index (κ3) is 3.09. The van der Waals surface area contributed by atoms with Crippen LogP contribution in [0, 0.1) is 23.7 Å². The van der Waals surface area contributed by atoms with E-state index in [1.54, 1.807) is 4.90 Å². The van der Waals surface area contributed by atoms with Crippen LogP contribution < -0.4 is 0 Å². The Kier molecular flexibility index (Phi) is 4.23. The van der Waals surface area contributed by atoms with E-state index in [0.29, 0.717) is 24.8 Å². The van der Waals surface area contributed by atoms with Gasteiger partial charge < -0.3 is 10.0 Å². The molecule has 4 nitrogen and oxygen atoms in total. The van der Waals surface area contributed by atoms with Crippen molar-refractivity contribution in [3.63, 3.8) is 0 Å². The first kappa shape index (κ1) is 14.9. The van der Waals surface area contributed by atoms with E-state index in [-0.39, 0.29) is 11.8 Å². The maximum atomic E-state index is 12.7. The van der Waals surface area contributed by atoms with Gasteiger partial charge in [-0.1, -0.05) is 39.0 Å². The quantitative estimate of drug-likeness (QED) is 0.870. The topological polar surface area (TPSA) is 57.6 Å². The fraction of sp³-hybridized carbons (Fsp3) is 0.882. The molecule has 4 unspecified atom stereocenters. The average Bonchev–Trinajstić information content (AvgIpc) is 3.28. The van der Waals surface area contributed by atoms with Crippen LogP contribution in [0.2, 0.25) is 0 Å². The Bertz CT molecular complexity index is 416. The van der Waals surface area contributed by atoms with Crippen molar-refractivity contribution in [2.24, 2.45) is 23.7 Å². The van der Waals surface area contributed by atoms with E-state index >= 15 is 0 Å². The molecular formula is C17H27NO3. The zero-order valence-electron chi connectivity index (χ0n) is 13.0. The minimum absolute atomic E-state index is 0.128. The molecule has 3 fully saturated rings.